The lowest BCUT2D eigenvalue weighted by Crippen LogP contribution is -2.43. The second kappa shape index (κ2) is 6.99. The summed E-state index contributed by atoms with van der Waals surface area (Å²) in [6.45, 7) is 3.40. The number of carbonyl (C=O) groups is 1. The van der Waals surface area contributed by atoms with Crippen molar-refractivity contribution in [1.29, 1.82) is 0 Å². The van der Waals surface area contributed by atoms with Gasteiger partial charge in [0, 0.05) is 11.7 Å². The van der Waals surface area contributed by atoms with Gasteiger partial charge in [0.05, 0.1) is 0 Å². The van der Waals surface area contributed by atoms with E-state index in [1.807, 2.05) is 4.72 Å². The van der Waals surface area contributed by atoms with Crippen LogP contribution in [0.2, 0.25) is 0 Å². The van der Waals surface area contributed by atoms with Gasteiger partial charge in [-0.1, -0.05) is 0 Å². The molecule has 1 aromatic carbocycles. The van der Waals surface area contributed by atoms with Crippen molar-refractivity contribution >= 4 is 21.7 Å². The number of anilines is 1. The van der Waals surface area contributed by atoms with Gasteiger partial charge in [0.15, 0.2) is 0 Å². The number of nitrogen functional groups attached to an aromatic ring is 1. The fourth-order valence-corrected chi connectivity index (χ4v) is 2.06. The molecule has 8 heteroatoms. The summed E-state index contributed by atoms with van der Waals surface area (Å²) in [6.07, 6.45) is 0. The smallest absolute Gasteiger partial charge is 0.328 e. The predicted molar refractivity (Wildman–Crippen MR) is 76.9 cm³/mol. The van der Waals surface area contributed by atoms with E-state index in [0.29, 0.717) is 11.4 Å². The number of hydrogen-bond acceptors (Lipinski definition) is 5. The summed E-state index contributed by atoms with van der Waals surface area (Å²) in [5.74, 6) is 0.198. The van der Waals surface area contributed by atoms with E-state index in [0.717, 1.165) is 0 Å². The lowest BCUT2D eigenvalue weighted by atomic mass is 10.3. The maximum absolute atomic E-state index is 11.6. The molecule has 0 aromatic heterocycles. The zero-order valence-corrected chi connectivity index (χ0v) is 12.2. The van der Waals surface area contributed by atoms with Crippen LogP contribution < -0.4 is 20.5 Å². The van der Waals surface area contributed by atoms with E-state index in [4.69, 9.17) is 10.5 Å². The Balaban J connectivity index is 2.40. The SMILES string of the molecule is CC(C)NC(=O)NS(=O)(=O)CCOc1ccc(N)cc1. The zero-order chi connectivity index (χ0) is 15.2. The van der Waals surface area contributed by atoms with Crippen LogP contribution in [-0.4, -0.2) is 32.9 Å². The molecule has 0 saturated heterocycles. The van der Waals surface area contributed by atoms with Crippen LogP contribution in [0.3, 0.4) is 0 Å². The first-order valence-electron chi connectivity index (χ1n) is 6.08. The topological polar surface area (TPSA) is 111 Å². The first-order valence-corrected chi connectivity index (χ1v) is 7.73. The van der Waals surface area contributed by atoms with Gasteiger partial charge in [-0.2, -0.15) is 0 Å². The number of benzene rings is 1. The van der Waals surface area contributed by atoms with Gasteiger partial charge in [0.2, 0.25) is 10.0 Å². The number of rotatable bonds is 6. The fraction of sp³-hybridized carbons (Fsp3) is 0.417. The van der Waals surface area contributed by atoms with Crippen molar-refractivity contribution < 1.29 is 17.9 Å². The van der Waals surface area contributed by atoms with Crippen LogP contribution in [0.25, 0.3) is 0 Å². The van der Waals surface area contributed by atoms with Crippen molar-refractivity contribution in [3.8, 4) is 5.75 Å². The van der Waals surface area contributed by atoms with Gasteiger partial charge in [-0.25, -0.2) is 17.9 Å². The minimum Gasteiger partial charge on any atom is -0.492 e. The molecule has 1 aromatic rings. The minimum absolute atomic E-state index is 0.0613. The Morgan fingerprint density at radius 3 is 2.45 bits per heavy atom. The highest BCUT2D eigenvalue weighted by Gasteiger charge is 2.15. The Hall–Kier alpha value is -1.96. The van der Waals surface area contributed by atoms with Crippen LogP contribution >= 0.6 is 0 Å². The van der Waals surface area contributed by atoms with Crippen molar-refractivity contribution in [2.75, 3.05) is 18.1 Å². The Morgan fingerprint density at radius 1 is 1.30 bits per heavy atom. The third kappa shape index (κ3) is 6.28. The fourth-order valence-electron chi connectivity index (χ4n) is 1.32. The molecule has 4 N–H and O–H groups in total. The maximum atomic E-state index is 11.6. The van der Waals surface area contributed by atoms with Crippen LogP contribution in [0, 0.1) is 0 Å². The third-order valence-electron chi connectivity index (χ3n) is 2.17. The monoisotopic (exact) mass is 301 g/mol. The average Bonchev–Trinajstić information content (AvgIpc) is 2.29. The van der Waals surface area contributed by atoms with Gasteiger partial charge in [-0.3, -0.25) is 0 Å². The lowest BCUT2D eigenvalue weighted by molar-refractivity contribution is 0.243. The van der Waals surface area contributed by atoms with Crippen molar-refractivity contribution in [1.82, 2.24) is 10.0 Å². The average molecular weight is 301 g/mol. The lowest BCUT2D eigenvalue weighted by Gasteiger charge is -2.11. The Kier molecular flexibility index (Phi) is 5.63. The molecule has 0 bridgehead atoms. The molecule has 0 unspecified atom stereocenters. The first-order chi connectivity index (χ1) is 9.28. The van der Waals surface area contributed by atoms with E-state index in [1.165, 1.54) is 0 Å². The number of urea groups is 1. The van der Waals surface area contributed by atoms with Gasteiger partial charge in [0.25, 0.3) is 0 Å². The van der Waals surface area contributed by atoms with Crippen molar-refractivity contribution in [3.63, 3.8) is 0 Å². The van der Waals surface area contributed by atoms with E-state index in [9.17, 15) is 13.2 Å². The van der Waals surface area contributed by atoms with Crippen LogP contribution in [0.4, 0.5) is 10.5 Å². The van der Waals surface area contributed by atoms with E-state index >= 15 is 0 Å². The van der Waals surface area contributed by atoms with Crippen LogP contribution in [0.15, 0.2) is 24.3 Å². The Morgan fingerprint density at radius 2 is 1.90 bits per heavy atom. The molecule has 0 atom stereocenters. The van der Waals surface area contributed by atoms with Crippen LogP contribution in [0.5, 0.6) is 5.75 Å². The Bertz CT molecular complexity index is 540. The highest BCUT2D eigenvalue weighted by Crippen LogP contribution is 2.12. The molecule has 0 aliphatic heterocycles. The molecule has 2 amide bonds. The van der Waals surface area contributed by atoms with E-state index in [2.05, 4.69) is 5.32 Å². The molecule has 0 saturated carbocycles. The van der Waals surface area contributed by atoms with Crippen LogP contribution in [0.1, 0.15) is 13.8 Å². The zero-order valence-electron chi connectivity index (χ0n) is 11.4. The summed E-state index contributed by atoms with van der Waals surface area (Å²) in [7, 11) is -3.72. The summed E-state index contributed by atoms with van der Waals surface area (Å²) in [5, 5.41) is 2.43. The largest absolute Gasteiger partial charge is 0.492 e. The molecule has 1 rings (SSSR count). The molecule has 0 fully saturated rings. The standard InChI is InChI=1S/C12H19N3O4S/c1-9(2)14-12(16)15-20(17,18)8-7-19-11-5-3-10(13)4-6-11/h3-6,9H,7-8,13H2,1-2H3,(H2,14,15,16). The quantitative estimate of drug-likeness (QED) is 0.669. The van der Waals surface area contributed by atoms with E-state index in [-0.39, 0.29) is 18.4 Å². The Labute approximate surface area is 118 Å². The second-order valence-electron chi connectivity index (χ2n) is 4.47. The predicted octanol–water partition coefficient (Wildman–Crippen LogP) is 0.685. The normalized spacial score (nSPS) is 11.2. The van der Waals surface area contributed by atoms with Crippen LogP contribution in [-0.2, 0) is 10.0 Å². The highest BCUT2D eigenvalue weighted by atomic mass is 32.2. The summed E-state index contributed by atoms with van der Waals surface area (Å²) >= 11 is 0. The summed E-state index contributed by atoms with van der Waals surface area (Å²) in [4.78, 5) is 11.3. The third-order valence-corrected chi connectivity index (χ3v) is 3.37. The van der Waals surface area contributed by atoms with E-state index in [1.54, 1.807) is 38.1 Å². The van der Waals surface area contributed by atoms with Crippen molar-refractivity contribution in [3.05, 3.63) is 24.3 Å². The van der Waals surface area contributed by atoms with Crippen molar-refractivity contribution in [2.45, 2.75) is 19.9 Å². The second-order valence-corrected chi connectivity index (χ2v) is 6.31. The number of sulfonamides is 1. The molecule has 20 heavy (non-hydrogen) atoms. The maximum Gasteiger partial charge on any atom is 0.328 e. The molecule has 0 spiro atoms. The number of ether oxygens (including phenoxy) is 1. The molecule has 0 heterocycles. The number of nitrogens with one attached hydrogen (secondary N) is 2. The van der Waals surface area contributed by atoms with E-state index < -0.39 is 16.1 Å². The molecule has 7 nitrogen and oxygen atoms in total. The number of hydrogen-bond donors (Lipinski definition) is 3. The minimum atomic E-state index is -3.72. The molecule has 0 aliphatic rings. The number of amides is 2. The van der Waals surface area contributed by atoms with Gasteiger partial charge >= 0.3 is 6.03 Å². The molecule has 112 valence electrons. The number of nitrogens with two attached hydrogens (primary N) is 1. The first kappa shape index (κ1) is 16.1. The summed E-state index contributed by atoms with van der Waals surface area (Å²) in [5.41, 5.74) is 6.11. The van der Waals surface area contributed by atoms with Gasteiger partial charge < -0.3 is 15.8 Å². The highest BCUT2D eigenvalue weighted by molar-refractivity contribution is 7.90. The number of carbonyl (C=O) groups excluding carboxylic acids is 1. The van der Waals surface area contributed by atoms with Crippen molar-refractivity contribution in [2.24, 2.45) is 0 Å². The summed E-state index contributed by atoms with van der Waals surface area (Å²) in [6, 6.07) is 5.70. The molecular formula is C12H19N3O4S. The molecule has 0 aliphatic carbocycles. The van der Waals surface area contributed by atoms with Gasteiger partial charge in [-0.05, 0) is 38.1 Å². The molecular weight excluding hydrogens is 282 g/mol. The summed E-state index contributed by atoms with van der Waals surface area (Å²) < 4.78 is 30.3. The van der Waals surface area contributed by atoms with Gasteiger partial charge in [0.1, 0.15) is 18.1 Å². The molecule has 0 radical (unpaired) electrons. The van der Waals surface area contributed by atoms with Gasteiger partial charge in [-0.15, -0.1) is 0 Å².